The van der Waals surface area contributed by atoms with E-state index in [9.17, 15) is 14.7 Å². The smallest absolute Gasteiger partial charge is 0.295 e. The van der Waals surface area contributed by atoms with E-state index in [1.165, 1.54) is 0 Å². The van der Waals surface area contributed by atoms with Crippen LogP contribution in [0.15, 0.2) is 48.0 Å². The van der Waals surface area contributed by atoms with Gasteiger partial charge < -0.3 is 14.7 Å². The van der Waals surface area contributed by atoms with Gasteiger partial charge in [0.2, 0.25) is 0 Å². The maximum atomic E-state index is 13.1. The van der Waals surface area contributed by atoms with E-state index in [1.807, 2.05) is 57.2 Å². The maximum absolute atomic E-state index is 13.1. The van der Waals surface area contributed by atoms with Crippen molar-refractivity contribution >= 4 is 17.4 Å². The van der Waals surface area contributed by atoms with E-state index in [1.54, 1.807) is 11.0 Å². The summed E-state index contributed by atoms with van der Waals surface area (Å²) in [5, 5.41) is 11.4. The van der Waals surface area contributed by atoms with Crippen LogP contribution >= 0.6 is 0 Å². The fourth-order valence-electron chi connectivity index (χ4n) is 4.27. The number of aryl methyl sites for hydroxylation is 1. The minimum Gasteiger partial charge on any atom is -0.507 e. The number of nitrogens with zero attached hydrogens (tertiary/aromatic N) is 1. The van der Waals surface area contributed by atoms with Crippen LogP contribution < -0.4 is 4.74 Å². The van der Waals surface area contributed by atoms with Crippen LogP contribution in [-0.2, 0) is 15.0 Å². The lowest BCUT2D eigenvalue weighted by Crippen LogP contribution is -2.30. The summed E-state index contributed by atoms with van der Waals surface area (Å²) in [6.07, 6.45) is 0.715. The van der Waals surface area contributed by atoms with E-state index in [0.717, 1.165) is 22.4 Å². The van der Waals surface area contributed by atoms with Crippen LogP contribution in [0.2, 0.25) is 0 Å². The van der Waals surface area contributed by atoms with Gasteiger partial charge in [0.1, 0.15) is 11.5 Å². The van der Waals surface area contributed by atoms with Crippen molar-refractivity contribution in [3.63, 3.8) is 0 Å². The van der Waals surface area contributed by atoms with Crippen molar-refractivity contribution in [3.8, 4) is 5.75 Å². The molecule has 5 heteroatoms. The predicted octanol–water partition coefficient (Wildman–Crippen LogP) is 5.52. The second kappa shape index (κ2) is 9.19. The average Bonchev–Trinajstić information content (AvgIpc) is 2.98. The molecule has 1 amide bonds. The number of amides is 1. The predicted molar refractivity (Wildman–Crippen MR) is 127 cm³/mol. The van der Waals surface area contributed by atoms with Crippen molar-refractivity contribution in [2.75, 3.05) is 13.2 Å². The highest BCUT2D eigenvalue weighted by atomic mass is 16.5. The normalized spacial score (nSPS) is 18.3. The highest BCUT2D eigenvalue weighted by molar-refractivity contribution is 6.46. The monoisotopic (exact) mass is 435 g/mol. The molecule has 2 aromatic carbocycles. The number of rotatable bonds is 6. The Hall–Kier alpha value is -3.08. The first-order chi connectivity index (χ1) is 15.1. The Balaban J connectivity index is 2.24. The molecule has 0 aliphatic carbocycles. The van der Waals surface area contributed by atoms with Gasteiger partial charge in [0.25, 0.3) is 11.7 Å². The minimum atomic E-state index is -0.643. The number of ketones is 1. The molecule has 0 aromatic heterocycles. The van der Waals surface area contributed by atoms with Crippen LogP contribution in [0.5, 0.6) is 5.75 Å². The second-order valence-corrected chi connectivity index (χ2v) is 9.24. The van der Waals surface area contributed by atoms with E-state index in [0.29, 0.717) is 25.1 Å². The lowest BCUT2D eigenvalue weighted by Gasteiger charge is -2.26. The standard InChI is InChI=1S/C27H33NO4/c1-7-15-28-23(19-12-10-9-11-17(19)3)22(25(30)26(28)31)24(29)18-13-14-21(32-8-2)20(16-18)27(4,5)6/h9-14,16,23,29H,7-8,15H2,1-6H3/b24-22+. The number of aliphatic hydroxyl groups excluding tert-OH is 1. The number of likely N-dealkylation sites (tertiary alicyclic amines) is 1. The van der Waals surface area contributed by atoms with Gasteiger partial charge in [-0.3, -0.25) is 9.59 Å². The lowest BCUT2D eigenvalue weighted by atomic mass is 9.84. The molecule has 32 heavy (non-hydrogen) atoms. The molecule has 1 saturated heterocycles. The van der Waals surface area contributed by atoms with E-state index >= 15 is 0 Å². The van der Waals surface area contributed by atoms with Gasteiger partial charge in [-0.1, -0.05) is 52.0 Å². The van der Waals surface area contributed by atoms with Crippen molar-refractivity contribution < 1.29 is 19.4 Å². The molecule has 3 rings (SSSR count). The molecular formula is C27H33NO4. The summed E-state index contributed by atoms with van der Waals surface area (Å²) in [5.74, 6) is -0.610. The quantitative estimate of drug-likeness (QED) is 0.368. The van der Waals surface area contributed by atoms with Gasteiger partial charge in [0, 0.05) is 17.7 Å². The van der Waals surface area contributed by atoms with Gasteiger partial charge in [-0.2, -0.15) is 0 Å². The fourth-order valence-corrected chi connectivity index (χ4v) is 4.27. The Bertz CT molecular complexity index is 1060. The van der Waals surface area contributed by atoms with Crippen LogP contribution in [0.1, 0.15) is 69.3 Å². The number of ether oxygens (including phenoxy) is 1. The molecule has 0 bridgehead atoms. The summed E-state index contributed by atoms with van der Waals surface area (Å²) in [7, 11) is 0. The summed E-state index contributed by atoms with van der Waals surface area (Å²) in [4.78, 5) is 27.6. The van der Waals surface area contributed by atoms with E-state index < -0.39 is 17.7 Å². The van der Waals surface area contributed by atoms with E-state index in [2.05, 4.69) is 20.8 Å². The molecule has 2 aromatic rings. The topological polar surface area (TPSA) is 66.8 Å². The second-order valence-electron chi connectivity index (χ2n) is 9.24. The Morgan fingerprint density at radius 1 is 1.09 bits per heavy atom. The molecule has 1 unspecified atom stereocenters. The summed E-state index contributed by atoms with van der Waals surface area (Å²) in [5.41, 5.74) is 3.16. The van der Waals surface area contributed by atoms with Gasteiger partial charge in [0.15, 0.2) is 0 Å². The molecular weight excluding hydrogens is 402 g/mol. The third kappa shape index (κ3) is 4.29. The van der Waals surface area contributed by atoms with Crippen molar-refractivity contribution in [1.29, 1.82) is 0 Å². The molecule has 0 saturated carbocycles. The number of Topliss-reactive ketones (excluding diaryl/α,β-unsaturated/α-hetero) is 1. The Kier molecular flexibility index (Phi) is 6.77. The number of benzene rings is 2. The summed E-state index contributed by atoms with van der Waals surface area (Å²) < 4.78 is 5.79. The molecule has 0 spiro atoms. The van der Waals surface area contributed by atoms with E-state index in [-0.39, 0.29) is 16.7 Å². The van der Waals surface area contributed by atoms with Crippen LogP contribution in [0, 0.1) is 6.92 Å². The average molecular weight is 436 g/mol. The highest BCUT2D eigenvalue weighted by Crippen LogP contribution is 2.41. The molecule has 1 heterocycles. The largest absolute Gasteiger partial charge is 0.507 e. The summed E-state index contributed by atoms with van der Waals surface area (Å²) >= 11 is 0. The fraction of sp³-hybridized carbons (Fsp3) is 0.407. The zero-order valence-corrected chi connectivity index (χ0v) is 19.9. The van der Waals surface area contributed by atoms with Crippen LogP contribution in [0.3, 0.4) is 0 Å². The molecule has 1 atom stereocenters. The third-order valence-electron chi connectivity index (χ3n) is 5.85. The van der Waals surface area contributed by atoms with Crippen LogP contribution in [0.4, 0.5) is 0 Å². The number of hydrogen-bond acceptors (Lipinski definition) is 4. The number of hydrogen-bond donors (Lipinski definition) is 1. The number of aliphatic hydroxyl groups is 1. The lowest BCUT2D eigenvalue weighted by molar-refractivity contribution is -0.139. The zero-order chi connectivity index (χ0) is 23.6. The van der Waals surface area contributed by atoms with Gasteiger partial charge in [-0.15, -0.1) is 0 Å². The van der Waals surface area contributed by atoms with Crippen LogP contribution in [-0.4, -0.2) is 34.8 Å². The van der Waals surface area contributed by atoms with Crippen molar-refractivity contribution in [2.24, 2.45) is 0 Å². The van der Waals surface area contributed by atoms with E-state index in [4.69, 9.17) is 4.74 Å². The van der Waals surface area contributed by atoms with Crippen molar-refractivity contribution in [2.45, 2.75) is 59.4 Å². The van der Waals surface area contributed by atoms with Gasteiger partial charge in [0.05, 0.1) is 18.2 Å². The molecule has 5 nitrogen and oxygen atoms in total. The van der Waals surface area contributed by atoms with Gasteiger partial charge in [-0.25, -0.2) is 0 Å². The Morgan fingerprint density at radius 3 is 2.38 bits per heavy atom. The molecule has 1 fully saturated rings. The molecule has 1 aliphatic heterocycles. The summed E-state index contributed by atoms with van der Waals surface area (Å²) in [6, 6.07) is 12.5. The first kappa shape index (κ1) is 23.6. The van der Waals surface area contributed by atoms with Crippen molar-refractivity contribution in [3.05, 3.63) is 70.3 Å². The highest BCUT2D eigenvalue weighted by Gasteiger charge is 2.46. The zero-order valence-electron chi connectivity index (χ0n) is 19.9. The SMILES string of the molecule is CCCN1C(=O)C(=O)/C(=C(/O)c2ccc(OCC)c(C(C)(C)C)c2)C1c1ccccc1C. The van der Waals surface area contributed by atoms with Gasteiger partial charge in [-0.05, 0) is 55.0 Å². The number of carbonyl (C=O) groups is 2. The van der Waals surface area contributed by atoms with Crippen LogP contribution in [0.25, 0.3) is 5.76 Å². The Labute approximate surface area is 190 Å². The molecule has 0 radical (unpaired) electrons. The minimum absolute atomic E-state index is 0.141. The van der Waals surface area contributed by atoms with Gasteiger partial charge >= 0.3 is 0 Å². The maximum Gasteiger partial charge on any atom is 0.295 e. The summed E-state index contributed by atoms with van der Waals surface area (Å²) in [6.45, 7) is 13.0. The third-order valence-corrected chi connectivity index (χ3v) is 5.85. The first-order valence-electron chi connectivity index (χ1n) is 11.2. The Morgan fingerprint density at radius 2 is 1.78 bits per heavy atom. The number of carbonyl (C=O) groups excluding carboxylic acids is 2. The molecule has 1 N–H and O–H groups in total. The molecule has 1 aliphatic rings. The molecule has 170 valence electrons. The van der Waals surface area contributed by atoms with Crippen molar-refractivity contribution in [1.82, 2.24) is 4.90 Å². The first-order valence-corrected chi connectivity index (χ1v) is 11.2.